The van der Waals surface area contributed by atoms with Crippen LogP contribution in [0.5, 0.6) is 0 Å². The van der Waals surface area contributed by atoms with Gasteiger partial charge in [-0.3, -0.25) is 4.79 Å². The maximum atomic E-state index is 11.8. The minimum Gasteiger partial charge on any atom is -0.325 e. The Hall–Kier alpha value is -0.910. The van der Waals surface area contributed by atoms with Crippen LogP contribution in [0.4, 0.5) is 5.69 Å². The molecule has 0 aromatic heterocycles. The fourth-order valence-corrected chi connectivity index (χ4v) is 2.26. The largest absolute Gasteiger partial charge is 0.325 e. The molecule has 1 aliphatic heterocycles. The van der Waals surface area contributed by atoms with E-state index < -0.39 is 0 Å². The monoisotopic (exact) mass is 311 g/mol. The average Bonchev–Trinajstić information content (AvgIpc) is 2.78. The zero-order chi connectivity index (χ0) is 13.0. The zero-order valence-corrected chi connectivity index (χ0v) is 12.0. The smallest absolute Gasteiger partial charge is 0.238 e. The van der Waals surface area contributed by atoms with E-state index in [-0.39, 0.29) is 11.4 Å². The first-order valence-electron chi connectivity index (χ1n) is 6.09. The fourth-order valence-electron chi connectivity index (χ4n) is 2.00. The highest BCUT2D eigenvalue weighted by atomic mass is 79.9. The van der Waals surface area contributed by atoms with Crippen LogP contribution in [-0.2, 0) is 4.79 Å². The van der Waals surface area contributed by atoms with E-state index in [1.807, 2.05) is 24.3 Å². The molecule has 1 fully saturated rings. The second-order valence-corrected chi connectivity index (χ2v) is 5.81. The first kappa shape index (κ1) is 13.5. The van der Waals surface area contributed by atoms with Gasteiger partial charge in [0.05, 0.1) is 6.54 Å². The molecule has 0 bridgehead atoms. The molecule has 3 N–H and O–H groups in total. The lowest BCUT2D eigenvalue weighted by Gasteiger charge is -2.24. The van der Waals surface area contributed by atoms with E-state index in [9.17, 15) is 4.79 Å². The van der Waals surface area contributed by atoms with Crippen LogP contribution in [0.15, 0.2) is 28.7 Å². The Morgan fingerprint density at radius 2 is 2.17 bits per heavy atom. The molecule has 4 nitrogen and oxygen atoms in total. The predicted octanol–water partition coefficient (Wildman–Crippen LogP) is 1.73. The summed E-state index contributed by atoms with van der Waals surface area (Å²) in [5.41, 5.74) is 0.858. The fraction of sp³-hybridized carbons (Fsp3) is 0.462. The summed E-state index contributed by atoms with van der Waals surface area (Å²) in [5, 5.41) is 9.47. The van der Waals surface area contributed by atoms with E-state index >= 15 is 0 Å². The van der Waals surface area contributed by atoms with Gasteiger partial charge < -0.3 is 16.0 Å². The molecular formula is C13H18BrN3O. The zero-order valence-electron chi connectivity index (χ0n) is 10.4. The number of hydrogen-bond acceptors (Lipinski definition) is 3. The van der Waals surface area contributed by atoms with Crippen molar-refractivity contribution in [3.8, 4) is 0 Å². The van der Waals surface area contributed by atoms with Crippen molar-refractivity contribution in [1.29, 1.82) is 0 Å². The van der Waals surface area contributed by atoms with Gasteiger partial charge in [-0.15, -0.1) is 0 Å². The maximum Gasteiger partial charge on any atom is 0.238 e. The Bertz CT molecular complexity index is 413. The van der Waals surface area contributed by atoms with Crippen LogP contribution in [0.25, 0.3) is 0 Å². The lowest BCUT2D eigenvalue weighted by molar-refractivity contribution is -0.115. The maximum absolute atomic E-state index is 11.8. The van der Waals surface area contributed by atoms with Gasteiger partial charge in [0.2, 0.25) is 5.91 Å². The molecule has 1 saturated heterocycles. The number of rotatable bonds is 4. The summed E-state index contributed by atoms with van der Waals surface area (Å²) in [6.07, 6.45) is 1.05. The van der Waals surface area contributed by atoms with Gasteiger partial charge in [-0.2, -0.15) is 0 Å². The third-order valence-electron chi connectivity index (χ3n) is 3.17. The normalized spacial score (nSPS) is 23.0. The van der Waals surface area contributed by atoms with Gasteiger partial charge in [0.1, 0.15) is 0 Å². The average molecular weight is 312 g/mol. The predicted molar refractivity (Wildman–Crippen MR) is 76.7 cm³/mol. The van der Waals surface area contributed by atoms with Crippen molar-refractivity contribution in [2.75, 3.05) is 25.0 Å². The number of nitrogens with one attached hydrogen (secondary N) is 3. The van der Waals surface area contributed by atoms with Crippen molar-refractivity contribution >= 4 is 27.5 Å². The summed E-state index contributed by atoms with van der Waals surface area (Å²) in [7, 11) is 0. The van der Waals surface area contributed by atoms with Crippen LogP contribution in [0.1, 0.15) is 13.3 Å². The molecule has 1 amide bonds. The van der Waals surface area contributed by atoms with Gasteiger partial charge in [0.15, 0.2) is 0 Å². The SMILES string of the molecule is CC1(NCC(=O)Nc2ccc(Br)cc2)CCNC1. The van der Waals surface area contributed by atoms with Crippen molar-refractivity contribution in [3.05, 3.63) is 28.7 Å². The minimum absolute atomic E-state index is 0.00884. The Balaban J connectivity index is 1.80. The third-order valence-corrected chi connectivity index (χ3v) is 3.70. The quantitative estimate of drug-likeness (QED) is 0.794. The number of halogens is 1. The molecule has 1 aliphatic rings. The van der Waals surface area contributed by atoms with Crippen molar-refractivity contribution in [1.82, 2.24) is 10.6 Å². The summed E-state index contributed by atoms with van der Waals surface area (Å²) in [4.78, 5) is 11.8. The van der Waals surface area contributed by atoms with Crippen LogP contribution >= 0.6 is 15.9 Å². The van der Waals surface area contributed by atoms with E-state index in [0.29, 0.717) is 6.54 Å². The van der Waals surface area contributed by atoms with Gasteiger partial charge in [0, 0.05) is 22.2 Å². The van der Waals surface area contributed by atoms with E-state index in [1.54, 1.807) is 0 Å². The topological polar surface area (TPSA) is 53.2 Å². The van der Waals surface area contributed by atoms with Crippen molar-refractivity contribution in [2.45, 2.75) is 18.9 Å². The number of amides is 1. The summed E-state index contributed by atoms with van der Waals surface area (Å²) in [6.45, 7) is 4.41. The first-order valence-corrected chi connectivity index (χ1v) is 6.88. The highest BCUT2D eigenvalue weighted by Crippen LogP contribution is 2.15. The van der Waals surface area contributed by atoms with Gasteiger partial charge in [-0.1, -0.05) is 15.9 Å². The van der Waals surface area contributed by atoms with Crippen LogP contribution in [0, 0.1) is 0 Å². The molecule has 98 valence electrons. The standard InChI is InChI=1S/C13H18BrN3O/c1-13(6-7-15-9-13)16-8-12(18)17-11-4-2-10(14)3-5-11/h2-5,15-16H,6-9H2,1H3,(H,17,18). The number of anilines is 1. The number of carbonyl (C=O) groups excluding carboxylic acids is 1. The Labute approximate surface area is 116 Å². The van der Waals surface area contributed by atoms with Gasteiger partial charge in [-0.25, -0.2) is 0 Å². The van der Waals surface area contributed by atoms with Crippen molar-refractivity contribution < 1.29 is 4.79 Å². The van der Waals surface area contributed by atoms with Crippen molar-refractivity contribution in [2.24, 2.45) is 0 Å². The molecule has 1 aromatic rings. The van der Waals surface area contributed by atoms with Crippen LogP contribution in [0.3, 0.4) is 0 Å². The highest BCUT2D eigenvalue weighted by molar-refractivity contribution is 9.10. The molecule has 1 heterocycles. The lowest BCUT2D eigenvalue weighted by atomic mass is 10.0. The Morgan fingerprint density at radius 1 is 1.44 bits per heavy atom. The Kier molecular flexibility index (Phi) is 4.37. The first-order chi connectivity index (χ1) is 8.57. The van der Waals surface area contributed by atoms with E-state index in [2.05, 4.69) is 38.8 Å². The molecule has 5 heteroatoms. The Morgan fingerprint density at radius 3 is 2.78 bits per heavy atom. The molecule has 0 saturated carbocycles. The van der Waals surface area contributed by atoms with Gasteiger partial charge >= 0.3 is 0 Å². The molecular weight excluding hydrogens is 294 g/mol. The molecule has 1 aromatic carbocycles. The molecule has 0 radical (unpaired) electrons. The van der Waals surface area contributed by atoms with Crippen LogP contribution < -0.4 is 16.0 Å². The summed E-state index contributed by atoms with van der Waals surface area (Å²) in [6, 6.07) is 7.57. The molecule has 0 spiro atoms. The molecule has 1 unspecified atom stereocenters. The summed E-state index contributed by atoms with van der Waals surface area (Å²) < 4.78 is 1.00. The summed E-state index contributed by atoms with van der Waals surface area (Å²) >= 11 is 3.36. The number of carbonyl (C=O) groups is 1. The van der Waals surface area contributed by atoms with Crippen LogP contribution in [0.2, 0.25) is 0 Å². The molecule has 0 aliphatic carbocycles. The lowest BCUT2D eigenvalue weighted by Crippen LogP contribution is -2.47. The molecule has 1 atom stereocenters. The van der Waals surface area contributed by atoms with Crippen LogP contribution in [-0.4, -0.2) is 31.1 Å². The second kappa shape index (κ2) is 5.82. The highest BCUT2D eigenvalue weighted by Gasteiger charge is 2.28. The second-order valence-electron chi connectivity index (χ2n) is 4.90. The van der Waals surface area contributed by atoms with Crippen molar-refractivity contribution in [3.63, 3.8) is 0 Å². The van der Waals surface area contributed by atoms with Gasteiger partial charge in [0.25, 0.3) is 0 Å². The summed E-state index contributed by atoms with van der Waals surface area (Å²) in [5.74, 6) is -0.00884. The third kappa shape index (κ3) is 3.80. The number of hydrogen-bond donors (Lipinski definition) is 3. The van der Waals surface area contributed by atoms with Gasteiger partial charge in [-0.05, 0) is 44.2 Å². The molecule has 2 rings (SSSR count). The minimum atomic E-state index is -0.00884. The van der Waals surface area contributed by atoms with E-state index in [1.165, 1.54) is 0 Å². The number of benzene rings is 1. The molecule has 18 heavy (non-hydrogen) atoms. The van der Waals surface area contributed by atoms with E-state index in [4.69, 9.17) is 0 Å². The van der Waals surface area contributed by atoms with E-state index in [0.717, 1.165) is 29.7 Å².